The second kappa shape index (κ2) is 4.78. The van der Waals surface area contributed by atoms with E-state index in [0.717, 1.165) is 22.5 Å². The van der Waals surface area contributed by atoms with Gasteiger partial charge in [-0.1, -0.05) is 18.2 Å². The molecule has 0 bridgehead atoms. The van der Waals surface area contributed by atoms with Gasteiger partial charge in [-0.25, -0.2) is 0 Å². The van der Waals surface area contributed by atoms with Gasteiger partial charge in [0.2, 0.25) is 0 Å². The zero-order valence-electron chi connectivity index (χ0n) is 10.5. The molecule has 1 aromatic heterocycles. The van der Waals surface area contributed by atoms with Crippen molar-refractivity contribution in [3.63, 3.8) is 0 Å². The molecule has 0 saturated carbocycles. The predicted octanol–water partition coefficient (Wildman–Crippen LogP) is 4.28. The fourth-order valence-electron chi connectivity index (χ4n) is 1.94. The normalized spacial score (nSPS) is 12.5. The van der Waals surface area contributed by atoms with E-state index in [1.807, 2.05) is 54.6 Å². The summed E-state index contributed by atoms with van der Waals surface area (Å²) in [5.74, 6) is 2.10. The SMILES string of the molecule is CC(O)c1cc2cc(Oc3ccccc3)ccc2o1. The lowest BCUT2D eigenvalue weighted by atomic mass is 10.2. The number of furan rings is 1. The van der Waals surface area contributed by atoms with Crippen LogP contribution in [0.1, 0.15) is 18.8 Å². The van der Waals surface area contributed by atoms with Crippen molar-refractivity contribution in [1.29, 1.82) is 0 Å². The number of benzene rings is 2. The molecule has 3 rings (SSSR count). The molecule has 0 radical (unpaired) electrons. The zero-order valence-corrected chi connectivity index (χ0v) is 10.5. The number of hydrogen-bond acceptors (Lipinski definition) is 3. The van der Waals surface area contributed by atoms with Crippen molar-refractivity contribution in [1.82, 2.24) is 0 Å². The molecule has 19 heavy (non-hydrogen) atoms. The Labute approximate surface area is 111 Å². The van der Waals surface area contributed by atoms with Crippen LogP contribution in [0.2, 0.25) is 0 Å². The van der Waals surface area contributed by atoms with Crippen molar-refractivity contribution in [2.24, 2.45) is 0 Å². The van der Waals surface area contributed by atoms with E-state index in [1.165, 1.54) is 0 Å². The van der Waals surface area contributed by atoms with Crippen molar-refractivity contribution in [3.05, 3.63) is 60.4 Å². The summed E-state index contributed by atoms with van der Waals surface area (Å²) in [5, 5.41) is 10.4. The van der Waals surface area contributed by atoms with Gasteiger partial charge >= 0.3 is 0 Å². The van der Waals surface area contributed by atoms with Gasteiger partial charge in [0.1, 0.15) is 28.9 Å². The molecule has 0 saturated heterocycles. The molecule has 1 unspecified atom stereocenters. The molecule has 0 aliphatic carbocycles. The average Bonchev–Trinajstić information content (AvgIpc) is 2.83. The highest BCUT2D eigenvalue weighted by Gasteiger charge is 2.09. The van der Waals surface area contributed by atoms with Crippen LogP contribution in [0.25, 0.3) is 11.0 Å². The lowest BCUT2D eigenvalue weighted by Gasteiger charge is -2.04. The van der Waals surface area contributed by atoms with Gasteiger partial charge < -0.3 is 14.3 Å². The summed E-state index contributed by atoms with van der Waals surface area (Å²) in [6.07, 6.45) is -0.606. The number of fused-ring (bicyclic) bond motifs is 1. The molecule has 0 aliphatic rings. The van der Waals surface area contributed by atoms with Crippen LogP contribution < -0.4 is 4.74 Å². The smallest absolute Gasteiger partial charge is 0.134 e. The molecular weight excluding hydrogens is 240 g/mol. The Morgan fingerprint density at radius 2 is 1.79 bits per heavy atom. The number of aliphatic hydroxyl groups excluding tert-OH is 1. The Bertz CT molecular complexity index is 684. The van der Waals surface area contributed by atoms with Gasteiger partial charge in [0.15, 0.2) is 0 Å². The molecule has 3 nitrogen and oxygen atoms in total. The van der Waals surface area contributed by atoms with Crippen LogP contribution in [-0.2, 0) is 0 Å². The van der Waals surface area contributed by atoms with E-state index >= 15 is 0 Å². The Kier molecular flexibility index (Phi) is 2.97. The maximum absolute atomic E-state index is 9.50. The quantitative estimate of drug-likeness (QED) is 0.758. The molecule has 0 aliphatic heterocycles. The van der Waals surface area contributed by atoms with Crippen molar-refractivity contribution >= 4 is 11.0 Å². The number of ether oxygens (including phenoxy) is 1. The fraction of sp³-hybridized carbons (Fsp3) is 0.125. The van der Waals surface area contributed by atoms with E-state index < -0.39 is 6.10 Å². The molecule has 2 aromatic carbocycles. The van der Waals surface area contributed by atoms with Crippen LogP contribution in [-0.4, -0.2) is 5.11 Å². The third-order valence-corrected chi connectivity index (χ3v) is 2.90. The lowest BCUT2D eigenvalue weighted by molar-refractivity contribution is 0.172. The van der Waals surface area contributed by atoms with E-state index in [9.17, 15) is 5.11 Å². The first kappa shape index (κ1) is 11.8. The molecule has 3 heteroatoms. The molecule has 0 amide bonds. The first-order valence-corrected chi connectivity index (χ1v) is 6.17. The Morgan fingerprint density at radius 1 is 1.00 bits per heavy atom. The second-order valence-corrected chi connectivity index (χ2v) is 4.44. The first-order chi connectivity index (χ1) is 9.22. The molecule has 3 aromatic rings. The van der Waals surface area contributed by atoms with Gasteiger partial charge in [-0.2, -0.15) is 0 Å². The Hall–Kier alpha value is -2.26. The average molecular weight is 254 g/mol. The van der Waals surface area contributed by atoms with Crippen LogP contribution in [0.3, 0.4) is 0 Å². The molecule has 0 spiro atoms. The van der Waals surface area contributed by atoms with Gasteiger partial charge in [0, 0.05) is 5.39 Å². The van der Waals surface area contributed by atoms with Crippen molar-refractivity contribution in [2.75, 3.05) is 0 Å². The van der Waals surface area contributed by atoms with Crippen LogP contribution in [0, 0.1) is 0 Å². The molecular formula is C16H14O3. The van der Waals surface area contributed by atoms with Crippen molar-refractivity contribution < 1.29 is 14.3 Å². The highest BCUT2D eigenvalue weighted by atomic mass is 16.5. The minimum absolute atomic E-state index is 0.562. The molecule has 0 fully saturated rings. The van der Waals surface area contributed by atoms with E-state index in [4.69, 9.17) is 9.15 Å². The van der Waals surface area contributed by atoms with E-state index in [2.05, 4.69) is 0 Å². The van der Waals surface area contributed by atoms with Crippen LogP contribution in [0.5, 0.6) is 11.5 Å². The lowest BCUT2D eigenvalue weighted by Crippen LogP contribution is -1.85. The maximum Gasteiger partial charge on any atom is 0.134 e. The minimum Gasteiger partial charge on any atom is -0.458 e. The van der Waals surface area contributed by atoms with Crippen molar-refractivity contribution in [2.45, 2.75) is 13.0 Å². The number of hydrogen-bond donors (Lipinski definition) is 1. The predicted molar refractivity (Wildman–Crippen MR) is 73.4 cm³/mol. The van der Waals surface area contributed by atoms with E-state index in [-0.39, 0.29) is 0 Å². The maximum atomic E-state index is 9.50. The first-order valence-electron chi connectivity index (χ1n) is 6.17. The summed E-state index contributed by atoms with van der Waals surface area (Å²) < 4.78 is 11.3. The number of para-hydroxylation sites is 1. The molecule has 1 N–H and O–H groups in total. The number of rotatable bonds is 3. The highest BCUT2D eigenvalue weighted by Crippen LogP contribution is 2.29. The van der Waals surface area contributed by atoms with Crippen LogP contribution in [0.15, 0.2) is 59.0 Å². The fourth-order valence-corrected chi connectivity index (χ4v) is 1.94. The second-order valence-electron chi connectivity index (χ2n) is 4.44. The van der Waals surface area contributed by atoms with Gasteiger partial charge in [0.25, 0.3) is 0 Å². The molecule has 1 atom stereocenters. The van der Waals surface area contributed by atoms with Gasteiger partial charge in [-0.05, 0) is 43.3 Å². The summed E-state index contributed by atoms with van der Waals surface area (Å²) in [6, 6.07) is 17.0. The topological polar surface area (TPSA) is 42.6 Å². The monoisotopic (exact) mass is 254 g/mol. The third-order valence-electron chi connectivity index (χ3n) is 2.90. The van der Waals surface area contributed by atoms with Gasteiger partial charge in [-0.15, -0.1) is 0 Å². The summed E-state index contributed by atoms with van der Waals surface area (Å²) in [6.45, 7) is 1.68. The van der Waals surface area contributed by atoms with Gasteiger partial charge in [0.05, 0.1) is 0 Å². The number of aliphatic hydroxyl groups is 1. The summed E-state index contributed by atoms with van der Waals surface area (Å²) in [5.41, 5.74) is 0.747. The van der Waals surface area contributed by atoms with Crippen LogP contribution in [0.4, 0.5) is 0 Å². The van der Waals surface area contributed by atoms with Crippen molar-refractivity contribution in [3.8, 4) is 11.5 Å². The molecule has 96 valence electrons. The Balaban J connectivity index is 1.93. The summed E-state index contributed by atoms with van der Waals surface area (Å²) >= 11 is 0. The zero-order chi connectivity index (χ0) is 13.2. The van der Waals surface area contributed by atoms with Gasteiger partial charge in [-0.3, -0.25) is 0 Å². The standard InChI is InChI=1S/C16H14O3/c1-11(17)16-10-12-9-14(7-8-15(12)19-16)18-13-5-3-2-4-6-13/h2-11,17H,1H3. The Morgan fingerprint density at radius 3 is 2.53 bits per heavy atom. The van der Waals surface area contributed by atoms with E-state index in [1.54, 1.807) is 6.92 Å². The summed E-state index contributed by atoms with van der Waals surface area (Å²) in [4.78, 5) is 0. The van der Waals surface area contributed by atoms with Crippen LogP contribution >= 0.6 is 0 Å². The highest BCUT2D eigenvalue weighted by molar-refractivity contribution is 5.79. The minimum atomic E-state index is -0.606. The molecule has 1 heterocycles. The van der Waals surface area contributed by atoms with E-state index in [0.29, 0.717) is 5.76 Å². The largest absolute Gasteiger partial charge is 0.458 e. The summed E-state index contributed by atoms with van der Waals surface area (Å²) in [7, 11) is 0. The third kappa shape index (κ3) is 2.46.